The van der Waals surface area contributed by atoms with Crippen LogP contribution in [-0.2, 0) is 4.57 Å². The Morgan fingerprint density at radius 3 is 2.36 bits per heavy atom. The van der Waals surface area contributed by atoms with Crippen LogP contribution in [0.5, 0.6) is 11.5 Å². The zero-order chi connectivity index (χ0) is 17.2. The number of rotatable bonds is 7. The van der Waals surface area contributed by atoms with Gasteiger partial charge in [0.25, 0.3) is 0 Å². The zero-order valence-electron chi connectivity index (χ0n) is 10.9. The fourth-order valence-electron chi connectivity index (χ4n) is 1.26. The number of benzene rings is 1. The standard InChI is InChI=1S/C10H11F5NO5P/c1-2-20-6-3-4-8(7(11)5-6)21-9(12,13)10(14,15)22(18,19)16-17/h3-5,17H,2H2,1H3,(H2,16,18,19). The Bertz CT molecular complexity index is 585. The van der Waals surface area contributed by atoms with Crippen molar-refractivity contribution in [3.8, 4) is 11.5 Å². The lowest BCUT2D eigenvalue weighted by Crippen LogP contribution is -2.47. The summed E-state index contributed by atoms with van der Waals surface area (Å²) in [7, 11) is -6.22. The van der Waals surface area contributed by atoms with Crippen LogP contribution in [-0.4, -0.2) is 28.5 Å². The first-order valence-corrected chi connectivity index (χ1v) is 7.25. The number of halogens is 5. The van der Waals surface area contributed by atoms with Crippen LogP contribution in [0.2, 0.25) is 0 Å². The van der Waals surface area contributed by atoms with Crippen molar-refractivity contribution in [2.45, 2.75) is 18.7 Å². The van der Waals surface area contributed by atoms with E-state index >= 15 is 0 Å². The van der Waals surface area contributed by atoms with Crippen LogP contribution in [0.3, 0.4) is 0 Å². The zero-order valence-corrected chi connectivity index (χ0v) is 11.8. The first-order valence-electron chi connectivity index (χ1n) is 5.59. The van der Waals surface area contributed by atoms with Gasteiger partial charge in [-0.2, -0.15) is 17.6 Å². The van der Waals surface area contributed by atoms with Gasteiger partial charge in [0.2, 0.25) is 0 Å². The molecule has 0 saturated heterocycles. The summed E-state index contributed by atoms with van der Waals surface area (Å²) in [5.41, 5.74) is -5.72. The molecule has 1 aromatic carbocycles. The van der Waals surface area contributed by atoms with E-state index in [1.807, 2.05) is 0 Å². The van der Waals surface area contributed by atoms with Crippen LogP contribution in [0.4, 0.5) is 22.0 Å². The maximum atomic E-state index is 13.5. The number of hydrogen-bond acceptors (Lipinski definition) is 4. The largest absolute Gasteiger partial charge is 0.494 e. The second-order valence-electron chi connectivity index (χ2n) is 3.86. The number of hydrogen-bond donors (Lipinski definition) is 3. The third-order valence-corrected chi connectivity index (χ3v) is 3.61. The monoisotopic (exact) mass is 351 g/mol. The van der Waals surface area contributed by atoms with Crippen LogP contribution >= 0.6 is 7.52 Å². The van der Waals surface area contributed by atoms with Gasteiger partial charge < -0.3 is 19.6 Å². The molecule has 0 radical (unpaired) electrons. The van der Waals surface area contributed by atoms with E-state index in [1.54, 1.807) is 6.92 Å². The summed E-state index contributed by atoms with van der Waals surface area (Å²) in [5.74, 6) is -2.82. The number of nitrogens with one attached hydrogen (secondary N) is 1. The minimum absolute atomic E-state index is 0.0627. The molecule has 0 fully saturated rings. The summed E-state index contributed by atoms with van der Waals surface area (Å²) in [6.07, 6.45) is -5.58. The van der Waals surface area contributed by atoms with Crippen LogP contribution in [0.1, 0.15) is 6.92 Å². The van der Waals surface area contributed by atoms with Gasteiger partial charge in [-0.25, -0.2) is 4.39 Å². The summed E-state index contributed by atoms with van der Waals surface area (Å²) >= 11 is 0. The topological polar surface area (TPSA) is 88.0 Å². The first kappa shape index (κ1) is 18.6. The smallest absolute Gasteiger partial charge is 0.476 e. The molecule has 0 aliphatic carbocycles. The molecule has 0 aromatic heterocycles. The SMILES string of the molecule is CCOc1ccc(OC(F)(F)C(F)(F)P(=O)(O)NO)c(F)c1. The van der Waals surface area contributed by atoms with Crippen LogP contribution in [0.25, 0.3) is 0 Å². The highest BCUT2D eigenvalue weighted by atomic mass is 31.2. The van der Waals surface area contributed by atoms with Gasteiger partial charge in [-0.1, -0.05) is 0 Å². The van der Waals surface area contributed by atoms with Gasteiger partial charge in [0, 0.05) is 6.07 Å². The molecule has 1 atom stereocenters. The molecule has 126 valence electrons. The summed E-state index contributed by atoms with van der Waals surface area (Å²) in [5, 5.41) is 8.29. The molecule has 3 N–H and O–H groups in total. The Hall–Kier alpha value is -1.42. The highest BCUT2D eigenvalue weighted by molar-refractivity contribution is 7.57. The summed E-state index contributed by atoms with van der Waals surface area (Å²) < 4.78 is 85.9. The molecule has 0 aliphatic rings. The van der Waals surface area contributed by atoms with Gasteiger partial charge in [0.1, 0.15) is 5.75 Å². The molecule has 1 aromatic rings. The average Bonchev–Trinajstić information content (AvgIpc) is 2.41. The van der Waals surface area contributed by atoms with Crippen molar-refractivity contribution < 1.29 is 46.1 Å². The Morgan fingerprint density at radius 1 is 1.32 bits per heavy atom. The minimum Gasteiger partial charge on any atom is -0.494 e. The predicted octanol–water partition coefficient (Wildman–Crippen LogP) is 2.95. The normalized spacial score (nSPS) is 15.3. The Morgan fingerprint density at radius 2 is 1.91 bits per heavy atom. The van der Waals surface area contributed by atoms with E-state index in [2.05, 4.69) is 4.74 Å². The van der Waals surface area contributed by atoms with Gasteiger partial charge in [0.15, 0.2) is 11.6 Å². The molecule has 0 saturated carbocycles. The van der Waals surface area contributed by atoms with Crippen molar-refractivity contribution in [1.29, 1.82) is 0 Å². The van der Waals surface area contributed by atoms with E-state index in [0.717, 1.165) is 6.07 Å². The second kappa shape index (κ2) is 6.37. The van der Waals surface area contributed by atoms with E-state index in [9.17, 15) is 26.5 Å². The van der Waals surface area contributed by atoms with E-state index in [1.165, 1.54) is 0 Å². The van der Waals surface area contributed by atoms with E-state index < -0.39 is 30.9 Å². The first-order chi connectivity index (χ1) is 9.98. The van der Waals surface area contributed by atoms with Gasteiger partial charge in [-0.3, -0.25) is 4.57 Å². The van der Waals surface area contributed by atoms with E-state index in [-0.39, 0.29) is 17.6 Å². The van der Waals surface area contributed by atoms with Crippen LogP contribution < -0.4 is 14.7 Å². The lowest BCUT2D eigenvalue weighted by atomic mass is 10.3. The third kappa shape index (κ3) is 3.49. The Kier molecular flexibility index (Phi) is 5.39. The number of ether oxygens (including phenoxy) is 2. The maximum Gasteiger partial charge on any atom is 0.476 e. The maximum absolute atomic E-state index is 13.5. The van der Waals surface area contributed by atoms with Gasteiger partial charge in [-0.05, 0) is 19.1 Å². The molecule has 0 bridgehead atoms. The number of alkyl halides is 4. The highest BCUT2D eigenvalue weighted by Gasteiger charge is 2.71. The molecule has 0 spiro atoms. The Labute approximate surface area is 120 Å². The molecule has 0 heterocycles. The molecule has 1 unspecified atom stereocenters. The molecule has 0 aliphatic heterocycles. The van der Waals surface area contributed by atoms with Gasteiger partial charge in [-0.15, -0.1) is 5.25 Å². The van der Waals surface area contributed by atoms with Gasteiger partial charge in [0.05, 0.1) is 6.61 Å². The van der Waals surface area contributed by atoms with Crippen LogP contribution in [0.15, 0.2) is 18.2 Å². The van der Waals surface area contributed by atoms with E-state index in [4.69, 9.17) is 14.8 Å². The summed E-state index contributed by atoms with van der Waals surface area (Å²) in [6, 6.07) is 2.16. The quantitative estimate of drug-likeness (QED) is 0.398. The molecular weight excluding hydrogens is 340 g/mol. The average molecular weight is 351 g/mol. The van der Waals surface area contributed by atoms with Crippen molar-refractivity contribution in [2.24, 2.45) is 0 Å². The van der Waals surface area contributed by atoms with Crippen molar-refractivity contribution in [3.63, 3.8) is 0 Å². The Balaban J connectivity index is 3.09. The summed E-state index contributed by atoms with van der Waals surface area (Å²) in [6.45, 7) is 1.71. The second-order valence-corrected chi connectivity index (χ2v) is 5.78. The van der Waals surface area contributed by atoms with Crippen molar-refractivity contribution in [2.75, 3.05) is 6.61 Å². The predicted molar refractivity (Wildman–Crippen MR) is 62.8 cm³/mol. The fourth-order valence-corrected chi connectivity index (χ4v) is 1.78. The van der Waals surface area contributed by atoms with E-state index in [0.29, 0.717) is 12.1 Å². The highest BCUT2D eigenvalue weighted by Crippen LogP contribution is 2.60. The molecule has 1 rings (SSSR count). The van der Waals surface area contributed by atoms with Crippen LogP contribution in [0, 0.1) is 5.82 Å². The van der Waals surface area contributed by atoms with Crippen molar-refractivity contribution >= 4 is 7.52 Å². The lowest BCUT2D eigenvalue weighted by Gasteiger charge is -2.28. The summed E-state index contributed by atoms with van der Waals surface area (Å²) in [4.78, 5) is 8.62. The lowest BCUT2D eigenvalue weighted by molar-refractivity contribution is -0.278. The van der Waals surface area contributed by atoms with Crippen molar-refractivity contribution in [1.82, 2.24) is 5.25 Å². The van der Waals surface area contributed by atoms with Crippen molar-refractivity contribution in [3.05, 3.63) is 24.0 Å². The molecule has 22 heavy (non-hydrogen) atoms. The molecule has 6 nitrogen and oxygen atoms in total. The third-order valence-electron chi connectivity index (χ3n) is 2.32. The van der Waals surface area contributed by atoms with Gasteiger partial charge >= 0.3 is 19.3 Å². The minimum atomic E-state index is -6.22. The fraction of sp³-hybridized carbons (Fsp3) is 0.400. The molecular formula is C10H11F5NO5P. The molecule has 12 heteroatoms. The molecule has 0 amide bonds.